The van der Waals surface area contributed by atoms with Gasteiger partial charge in [0, 0.05) is 18.2 Å². The molecule has 0 bridgehead atoms. The SMILES string of the molecule is N#Cc1ccc([N+](=O)[O-])c(Oc2ccc(Cl)c(Cl)c2)c1. The highest BCUT2D eigenvalue weighted by molar-refractivity contribution is 6.42. The Morgan fingerprint density at radius 2 is 1.90 bits per heavy atom. The number of nitro groups is 1. The van der Waals surface area contributed by atoms with E-state index in [4.69, 9.17) is 33.2 Å². The van der Waals surface area contributed by atoms with Crippen molar-refractivity contribution in [2.75, 3.05) is 0 Å². The van der Waals surface area contributed by atoms with E-state index in [0.29, 0.717) is 5.02 Å². The number of benzene rings is 2. The van der Waals surface area contributed by atoms with Crippen LogP contribution in [0.1, 0.15) is 5.56 Å². The second-order valence-electron chi connectivity index (χ2n) is 3.73. The number of rotatable bonds is 3. The Hall–Kier alpha value is -2.29. The Balaban J connectivity index is 2.43. The molecule has 2 aromatic carbocycles. The third kappa shape index (κ3) is 2.99. The number of nitrogens with zero attached hydrogens (tertiary/aromatic N) is 2. The van der Waals surface area contributed by atoms with E-state index in [1.54, 1.807) is 0 Å². The van der Waals surface area contributed by atoms with Crippen LogP contribution in [0.5, 0.6) is 11.5 Å². The fourth-order valence-electron chi connectivity index (χ4n) is 1.48. The number of nitro benzene ring substituents is 1. The van der Waals surface area contributed by atoms with E-state index < -0.39 is 4.92 Å². The molecule has 0 aliphatic heterocycles. The number of hydrogen-bond acceptors (Lipinski definition) is 4. The van der Waals surface area contributed by atoms with Crippen molar-refractivity contribution in [1.29, 1.82) is 5.26 Å². The molecule has 0 N–H and O–H groups in total. The lowest BCUT2D eigenvalue weighted by molar-refractivity contribution is -0.385. The minimum absolute atomic E-state index is 0.0348. The summed E-state index contributed by atoms with van der Waals surface area (Å²) in [6.45, 7) is 0. The van der Waals surface area contributed by atoms with Gasteiger partial charge in [-0.3, -0.25) is 10.1 Å². The third-order valence-electron chi connectivity index (χ3n) is 2.40. The van der Waals surface area contributed by atoms with Gasteiger partial charge in [0.15, 0.2) is 0 Å². The number of halogens is 2. The Bertz CT molecular complexity index is 726. The lowest BCUT2D eigenvalue weighted by atomic mass is 10.2. The molecule has 0 heterocycles. The fraction of sp³-hybridized carbons (Fsp3) is 0. The van der Waals surface area contributed by atoms with Crippen LogP contribution in [0.25, 0.3) is 0 Å². The monoisotopic (exact) mass is 308 g/mol. The molecule has 2 rings (SSSR count). The summed E-state index contributed by atoms with van der Waals surface area (Å²) >= 11 is 11.6. The van der Waals surface area contributed by atoms with Gasteiger partial charge < -0.3 is 4.74 Å². The molecule has 0 unspecified atom stereocenters. The largest absolute Gasteiger partial charge is 0.450 e. The van der Waals surface area contributed by atoms with Gasteiger partial charge in [0.05, 0.1) is 26.6 Å². The first kappa shape index (κ1) is 14.1. The molecule has 2 aromatic rings. The maximum Gasteiger partial charge on any atom is 0.311 e. The number of hydrogen-bond donors (Lipinski definition) is 0. The summed E-state index contributed by atoms with van der Waals surface area (Å²) in [7, 11) is 0. The maximum absolute atomic E-state index is 10.9. The van der Waals surface area contributed by atoms with Crippen LogP contribution in [0.2, 0.25) is 10.0 Å². The lowest BCUT2D eigenvalue weighted by Crippen LogP contribution is -1.94. The van der Waals surface area contributed by atoms with E-state index in [0.717, 1.165) is 0 Å². The topological polar surface area (TPSA) is 76.2 Å². The van der Waals surface area contributed by atoms with Gasteiger partial charge in [-0.2, -0.15) is 5.26 Å². The Morgan fingerprint density at radius 3 is 2.50 bits per heavy atom. The Kier molecular flexibility index (Phi) is 4.08. The first-order chi connectivity index (χ1) is 9.51. The van der Waals surface area contributed by atoms with Crippen molar-refractivity contribution in [2.45, 2.75) is 0 Å². The van der Waals surface area contributed by atoms with Gasteiger partial charge in [-0.25, -0.2) is 0 Å². The zero-order valence-corrected chi connectivity index (χ0v) is 11.4. The minimum Gasteiger partial charge on any atom is -0.450 e. The van der Waals surface area contributed by atoms with Crippen molar-refractivity contribution in [3.63, 3.8) is 0 Å². The van der Waals surface area contributed by atoms with Crippen LogP contribution in [0.3, 0.4) is 0 Å². The van der Waals surface area contributed by atoms with E-state index in [9.17, 15) is 10.1 Å². The summed E-state index contributed by atoms with van der Waals surface area (Å²) < 4.78 is 5.41. The quantitative estimate of drug-likeness (QED) is 0.615. The molecular formula is C13H6Cl2N2O3. The van der Waals surface area contributed by atoms with Crippen molar-refractivity contribution in [2.24, 2.45) is 0 Å². The standard InChI is InChI=1S/C13H6Cl2N2O3/c14-10-3-2-9(6-11(10)15)20-13-5-8(7-16)1-4-12(13)17(18)19/h1-6H. The molecule has 7 heteroatoms. The molecule has 0 aliphatic carbocycles. The average molecular weight is 309 g/mol. The van der Waals surface area contributed by atoms with Crippen molar-refractivity contribution in [1.82, 2.24) is 0 Å². The summed E-state index contributed by atoms with van der Waals surface area (Å²) in [5.41, 5.74) is 0.0146. The molecular weight excluding hydrogens is 303 g/mol. The summed E-state index contributed by atoms with van der Waals surface area (Å²) in [4.78, 5) is 10.3. The molecule has 0 atom stereocenters. The second kappa shape index (κ2) is 5.78. The molecule has 0 amide bonds. The molecule has 0 aromatic heterocycles. The van der Waals surface area contributed by atoms with E-state index in [1.165, 1.54) is 36.4 Å². The summed E-state index contributed by atoms with van der Waals surface area (Å²) in [6.07, 6.45) is 0. The van der Waals surface area contributed by atoms with E-state index in [-0.39, 0.29) is 27.8 Å². The average Bonchev–Trinajstić information content (AvgIpc) is 2.42. The van der Waals surface area contributed by atoms with Gasteiger partial charge in [-0.1, -0.05) is 23.2 Å². The van der Waals surface area contributed by atoms with Crippen molar-refractivity contribution < 1.29 is 9.66 Å². The predicted molar refractivity (Wildman–Crippen MR) is 74.3 cm³/mol. The van der Waals surface area contributed by atoms with Crippen LogP contribution in [0.4, 0.5) is 5.69 Å². The van der Waals surface area contributed by atoms with Crippen LogP contribution < -0.4 is 4.74 Å². The van der Waals surface area contributed by atoms with E-state index >= 15 is 0 Å². The van der Waals surface area contributed by atoms with Crippen molar-refractivity contribution >= 4 is 28.9 Å². The molecule has 20 heavy (non-hydrogen) atoms. The third-order valence-corrected chi connectivity index (χ3v) is 3.14. The molecule has 0 aliphatic rings. The van der Waals surface area contributed by atoms with Gasteiger partial charge in [0.2, 0.25) is 5.75 Å². The smallest absolute Gasteiger partial charge is 0.311 e. The molecule has 0 radical (unpaired) electrons. The van der Waals surface area contributed by atoms with E-state index in [1.807, 2.05) is 6.07 Å². The predicted octanol–water partition coefficient (Wildman–Crippen LogP) is 4.57. The van der Waals surface area contributed by atoms with E-state index in [2.05, 4.69) is 0 Å². The van der Waals surface area contributed by atoms with Crippen molar-refractivity contribution in [3.05, 3.63) is 62.1 Å². The van der Waals surface area contributed by atoms with Crippen LogP contribution in [-0.2, 0) is 0 Å². The zero-order chi connectivity index (χ0) is 14.7. The number of nitriles is 1. The van der Waals surface area contributed by atoms with Gasteiger partial charge in [0.25, 0.3) is 0 Å². The Labute approximate surface area is 124 Å². The van der Waals surface area contributed by atoms with Gasteiger partial charge in [-0.15, -0.1) is 0 Å². The first-order valence-corrected chi connectivity index (χ1v) is 6.08. The maximum atomic E-state index is 10.9. The Morgan fingerprint density at radius 1 is 1.15 bits per heavy atom. The highest BCUT2D eigenvalue weighted by Gasteiger charge is 2.16. The van der Waals surface area contributed by atoms with Gasteiger partial charge in [0.1, 0.15) is 5.75 Å². The first-order valence-electron chi connectivity index (χ1n) is 5.32. The summed E-state index contributed by atoms with van der Waals surface area (Å²) in [5.74, 6) is 0.255. The molecule has 0 fully saturated rings. The summed E-state index contributed by atoms with van der Waals surface area (Å²) in [6, 6.07) is 10.2. The fourth-order valence-corrected chi connectivity index (χ4v) is 1.77. The molecule has 100 valence electrons. The van der Waals surface area contributed by atoms with Crippen LogP contribution in [0.15, 0.2) is 36.4 Å². The molecule has 0 spiro atoms. The minimum atomic E-state index is -0.589. The van der Waals surface area contributed by atoms with Crippen LogP contribution in [0, 0.1) is 21.4 Å². The summed E-state index contributed by atoms with van der Waals surface area (Å²) in [5, 5.41) is 20.4. The normalized spacial score (nSPS) is 9.85. The van der Waals surface area contributed by atoms with Crippen LogP contribution in [-0.4, -0.2) is 4.92 Å². The molecule has 5 nitrogen and oxygen atoms in total. The zero-order valence-electron chi connectivity index (χ0n) is 9.84. The highest BCUT2D eigenvalue weighted by atomic mass is 35.5. The number of ether oxygens (including phenoxy) is 1. The van der Waals surface area contributed by atoms with Crippen LogP contribution >= 0.6 is 23.2 Å². The second-order valence-corrected chi connectivity index (χ2v) is 4.54. The van der Waals surface area contributed by atoms with Crippen molar-refractivity contribution in [3.8, 4) is 17.6 Å². The van der Waals surface area contributed by atoms with Gasteiger partial charge >= 0.3 is 5.69 Å². The van der Waals surface area contributed by atoms with Gasteiger partial charge in [-0.05, 0) is 18.2 Å². The molecule has 0 saturated heterocycles. The molecule has 0 saturated carbocycles. The highest BCUT2D eigenvalue weighted by Crippen LogP contribution is 2.34. The lowest BCUT2D eigenvalue weighted by Gasteiger charge is -2.07.